The maximum atomic E-state index is 12.0. The Kier molecular flexibility index (Phi) is 5.51. The van der Waals surface area contributed by atoms with E-state index in [-0.39, 0.29) is 12.2 Å². The molecule has 27 heavy (non-hydrogen) atoms. The zero-order valence-corrected chi connectivity index (χ0v) is 14.9. The van der Waals surface area contributed by atoms with E-state index in [9.17, 15) is 9.59 Å². The molecule has 3 aromatic rings. The van der Waals surface area contributed by atoms with Gasteiger partial charge >= 0.3 is 5.97 Å². The number of nitrogens with zero attached hydrogens (tertiary/aromatic N) is 2. The summed E-state index contributed by atoms with van der Waals surface area (Å²) in [6, 6.07) is 11.8. The molecule has 7 nitrogen and oxygen atoms in total. The van der Waals surface area contributed by atoms with Gasteiger partial charge in [-0.2, -0.15) is 0 Å². The summed E-state index contributed by atoms with van der Waals surface area (Å²) in [7, 11) is 3.10. The van der Waals surface area contributed by atoms with Crippen LogP contribution in [0.3, 0.4) is 0 Å². The summed E-state index contributed by atoms with van der Waals surface area (Å²) >= 11 is 0. The van der Waals surface area contributed by atoms with Crippen molar-refractivity contribution in [2.45, 2.75) is 6.61 Å². The number of benzene rings is 1. The van der Waals surface area contributed by atoms with Crippen molar-refractivity contribution in [2.75, 3.05) is 14.2 Å². The highest BCUT2D eigenvalue weighted by molar-refractivity contribution is 5.87. The number of methoxy groups -OCH3 is 2. The maximum Gasteiger partial charge on any atom is 0.331 e. The molecule has 0 aliphatic carbocycles. The van der Waals surface area contributed by atoms with E-state index in [1.54, 1.807) is 62.9 Å². The van der Waals surface area contributed by atoms with E-state index in [0.717, 1.165) is 0 Å². The van der Waals surface area contributed by atoms with Crippen LogP contribution in [0.5, 0.6) is 11.5 Å². The van der Waals surface area contributed by atoms with Crippen molar-refractivity contribution >= 4 is 17.7 Å². The molecule has 7 heteroatoms. The van der Waals surface area contributed by atoms with E-state index in [2.05, 4.69) is 4.98 Å². The van der Waals surface area contributed by atoms with E-state index in [1.807, 2.05) is 0 Å². The summed E-state index contributed by atoms with van der Waals surface area (Å²) < 4.78 is 17.0. The van der Waals surface area contributed by atoms with Gasteiger partial charge < -0.3 is 14.2 Å². The molecule has 0 radical (unpaired) electrons. The number of hydrogen-bond donors (Lipinski definition) is 0. The highest BCUT2D eigenvalue weighted by Crippen LogP contribution is 2.25. The lowest BCUT2D eigenvalue weighted by Gasteiger charge is -2.07. The van der Waals surface area contributed by atoms with Crippen LogP contribution < -0.4 is 15.0 Å². The van der Waals surface area contributed by atoms with E-state index < -0.39 is 5.97 Å². The molecular weight excluding hydrogens is 348 g/mol. The Morgan fingerprint density at radius 3 is 2.78 bits per heavy atom. The minimum absolute atomic E-state index is 0.0982. The largest absolute Gasteiger partial charge is 0.497 e. The van der Waals surface area contributed by atoms with Crippen molar-refractivity contribution in [2.24, 2.45) is 0 Å². The first-order chi connectivity index (χ1) is 13.1. The fourth-order valence-corrected chi connectivity index (χ4v) is 2.50. The Morgan fingerprint density at radius 2 is 2.00 bits per heavy atom. The molecule has 0 atom stereocenters. The van der Waals surface area contributed by atoms with Gasteiger partial charge in [0.25, 0.3) is 5.56 Å². The fourth-order valence-electron chi connectivity index (χ4n) is 2.50. The predicted molar refractivity (Wildman–Crippen MR) is 99.8 cm³/mol. The lowest BCUT2D eigenvalue weighted by molar-refractivity contribution is -0.139. The van der Waals surface area contributed by atoms with Gasteiger partial charge in [-0.3, -0.25) is 9.20 Å². The molecule has 0 saturated carbocycles. The van der Waals surface area contributed by atoms with Crippen LogP contribution in [0.25, 0.3) is 11.7 Å². The summed E-state index contributed by atoms with van der Waals surface area (Å²) in [5.41, 5.74) is 1.32. The van der Waals surface area contributed by atoms with E-state index in [4.69, 9.17) is 14.2 Å². The number of aromatic nitrogens is 2. The number of hydrogen-bond acceptors (Lipinski definition) is 6. The average Bonchev–Trinajstić information content (AvgIpc) is 2.70. The minimum Gasteiger partial charge on any atom is -0.497 e. The predicted octanol–water partition coefficient (Wildman–Crippen LogP) is 2.47. The molecule has 0 N–H and O–H groups in total. The molecule has 0 aliphatic heterocycles. The quantitative estimate of drug-likeness (QED) is 0.493. The second kappa shape index (κ2) is 8.18. The third-order valence-corrected chi connectivity index (χ3v) is 3.82. The molecular formula is C20H18N2O5. The van der Waals surface area contributed by atoms with Crippen LogP contribution in [0.2, 0.25) is 0 Å². The molecule has 138 valence electrons. The lowest BCUT2D eigenvalue weighted by atomic mass is 10.1. The number of carbonyl (C=O) groups excluding carboxylic acids is 1. The smallest absolute Gasteiger partial charge is 0.331 e. The van der Waals surface area contributed by atoms with E-state index in [0.29, 0.717) is 28.4 Å². The molecule has 0 fully saturated rings. The lowest BCUT2D eigenvalue weighted by Crippen LogP contribution is -2.16. The van der Waals surface area contributed by atoms with Gasteiger partial charge in [0.15, 0.2) is 0 Å². The zero-order chi connectivity index (χ0) is 19.2. The topological polar surface area (TPSA) is 79.1 Å². The van der Waals surface area contributed by atoms with Crippen molar-refractivity contribution in [1.29, 1.82) is 0 Å². The van der Waals surface area contributed by atoms with Gasteiger partial charge in [0.2, 0.25) is 0 Å². The monoisotopic (exact) mass is 366 g/mol. The van der Waals surface area contributed by atoms with Crippen LogP contribution in [0.1, 0.15) is 11.3 Å². The molecule has 0 aliphatic rings. The fraction of sp³-hybridized carbons (Fsp3) is 0.150. The highest BCUT2D eigenvalue weighted by Gasteiger charge is 2.06. The third kappa shape index (κ3) is 4.33. The molecule has 0 bridgehead atoms. The van der Waals surface area contributed by atoms with Crippen molar-refractivity contribution < 1.29 is 19.0 Å². The molecule has 0 spiro atoms. The third-order valence-electron chi connectivity index (χ3n) is 3.82. The summed E-state index contributed by atoms with van der Waals surface area (Å²) in [6.07, 6.45) is 4.49. The number of pyridine rings is 1. The van der Waals surface area contributed by atoms with Crippen molar-refractivity contribution in [3.8, 4) is 11.5 Å². The zero-order valence-electron chi connectivity index (χ0n) is 14.9. The van der Waals surface area contributed by atoms with Crippen LogP contribution in [0.15, 0.2) is 59.5 Å². The standard InChI is InChI=1S/C20H18N2O5/c1-25-16-7-8-17(26-2)14(11-16)6-9-20(24)27-13-15-12-19(23)22-10-4-3-5-18(22)21-15/h3-12H,13H2,1-2H3/b9-6+. The Hall–Kier alpha value is -3.61. The minimum atomic E-state index is -0.560. The van der Waals surface area contributed by atoms with Crippen molar-refractivity contribution in [1.82, 2.24) is 9.38 Å². The molecule has 0 amide bonds. The van der Waals surface area contributed by atoms with E-state index in [1.165, 1.54) is 16.5 Å². The first-order valence-corrected chi connectivity index (χ1v) is 8.15. The number of ether oxygens (including phenoxy) is 3. The SMILES string of the molecule is COc1ccc(OC)c(/C=C/C(=O)OCc2cc(=O)n3ccccc3n2)c1. The molecule has 0 saturated heterocycles. The summed E-state index contributed by atoms with van der Waals surface area (Å²) in [5, 5.41) is 0. The van der Waals surface area contributed by atoms with Crippen LogP contribution in [-0.4, -0.2) is 29.6 Å². The van der Waals surface area contributed by atoms with Crippen LogP contribution >= 0.6 is 0 Å². The van der Waals surface area contributed by atoms with Gasteiger partial charge in [0.05, 0.1) is 19.9 Å². The van der Waals surface area contributed by atoms with Crippen LogP contribution in [0.4, 0.5) is 0 Å². The van der Waals surface area contributed by atoms with Gasteiger partial charge in [0.1, 0.15) is 23.8 Å². The van der Waals surface area contributed by atoms with Gasteiger partial charge in [-0.25, -0.2) is 9.78 Å². The summed E-state index contributed by atoms with van der Waals surface area (Å²) in [6.45, 7) is -0.0982. The number of rotatable bonds is 6. The van der Waals surface area contributed by atoms with Gasteiger partial charge in [-0.05, 0) is 36.4 Å². The Morgan fingerprint density at radius 1 is 1.15 bits per heavy atom. The maximum absolute atomic E-state index is 12.0. The van der Waals surface area contributed by atoms with E-state index >= 15 is 0 Å². The summed E-state index contributed by atoms with van der Waals surface area (Å²) in [5.74, 6) is 0.684. The Bertz CT molecular complexity index is 1060. The number of carbonyl (C=O) groups is 1. The van der Waals surface area contributed by atoms with Crippen LogP contribution in [-0.2, 0) is 16.1 Å². The highest BCUT2D eigenvalue weighted by atomic mass is 16.5. The molecule has 2 heterocycles. The Labute approximate surface area is 155 Å². The van der Waals surface area contributed by atoms with Gasteiger partial charge in [-0.1, -0.05) is 6.07 Å². The second-order valence-corrected chi connectivity index (χ2v) is 5.56. The average molecular weight is 366 g/mol. The summed E-state index contributed by atoms with van der Waals surface area (Å²) in [4.78, 5) is 28.3. The van der Waals surface area contributed by atoms with Gasteiger partial charge in [0, 0.05) is 23.9 Å². The first kappa shape index (κ1) is 18.2. The normalized spacial score (nSPS) is 10.9. The molecule has 1 aromatic carbocycles. The van der Waals surface area contributed by atoms with Crippen molar-refractivity contribution in [3.05, 3.63) is 76.3 Å². The molecule has 0 unspecified atom stereocenters. The Balaban J connectivity index is 1.70. The number of fused-ring (bicyclic) bond motifs is 1. The van der Waals surface area contributed by atoms with Crippen molar-refractivity contribution in [3.63, 3.8) is 0 Å². The molecule has 2 aromatic heterocycles. The van der Waals surface area contributed by atoms with Crippen LogP contribution in [0, 0.1) is 0 Å². The number of esters is 1. The molecule has 3 rings (SSSR count). The second-order valence-electron chi connectivity index (χ2n) is 5.56. The van der Waals surface area contributed by atoms with Gasteiger partial charge in [-0.15, -0.1) is 0 Å². The first-order valence-electron chi connectivity index (χ1n) is 8.15.